The molecule has 6 heteroatoms. The van der Waals surface area contributed by atoms with E-state index in [0.29, 0.717) is 22.4 Å². The van der Waals surface area contributed by atoms with E-state index in [9.17, 15) is 9.59 Å². The van der Waals surface area contributed by atoms with Crippen LogP contribution in [0.25, 0.3) is 10.9 Å². The van der Waals surface area contributed by atoms with E-state index in [4.69, 9.17) is 0 Å². The molecule has 0 saturated carbocycles. The molecule has 0 aliphatic rings. The second-order valence-corrected chi connectivity index (χ2v) is 5.77. The molecule has 1 aromatic carbocycles. The molecule has 24 heavy (non-hydrogen) atoms. The number of pyridine rings is 1. The molecule has 1 amide bonds. The van der Waals surface area contributed by atoms with Crippen LogP contribution in [0.1, 0.15) is 30.2 Å². The van der Waals surface area contributed by atoms with Crippen LogP contribution in [-0.4, -0.2) is 31.8 Å². The van der Waals surface area contributed by atoms with Gasteiger partial charge < -0.3 is 9.88 Å². The van der Waals surface area contributed by atoms with E-state index in [1.165, 1.54) is 0 Å². The quantitative estimate of drug-likeness (QED) is 0.800. The number of carbonyl (C=O) groups is 1. The van der Waals surface area contributed by atoms with E-state index in [1.807, 2.05) is 19.9 Å². The van der Waals surface area contributed by atoms with Gasteiger partial charge in [-0.2, -0.15) is 0 Å². The minimum atomic E-state index is -0.204. The van der Waals surface area contributed by atoms with Gasteiger partial charge in [0.25, 0.3) is 11.5 Å². The number of H-pyrrole nitrogens is 1. The largest absolute Gasteiger partial charge is 0.327 e. The van der Waals surface area contributed by atoms with E-state index in [2.05, 4.69) is 15.0 Å². The van der Waals surface area contributed by atoms with Gasteiger partial charge in [-0.1, -0.05) is 18.2 Å². The first-order valence-corrected chi connectivity index (χ1v) is 7.76. The van der Waals surface area contributed by atoms with Gasteiger partial charge >= 0.3 is 0 Å². The maximum atomic E-state index is 12.7. The van der Waals surface area contributed by atoms with Gasteiger partial charge in [0.2, 0.25) is 0 Å². The van der Waals surface area contributed by atoms with E-state index in [0.717, 1.165) is 0 Å². The van der Waals surface area contributed by atoms with Crippen LogP contribution >= 0.6 is 0 Å². The van der Waals surface area contributed by atoms with Crippen molar-refractivity contribution in [1.82, 2.24) is 19.9 Å². The van der Waals surface area contributed by atoms with E-state index < -0.39 is 0 Å². The highest BCUT2D eigenvalue weighted by molar-refractivity contribution is 5.92. The molecule has 0 aliphatic heterocycles. The average Bonchev–Trinajstić information content (AvgIpc) is 2.60. The first-order valence-electron chi connectivity index (χ1n) is 7.76. The Kier molecular flexibility index (Phi) is 4.37. The van der Waals surface area contributed by atoms with E-state index in [-0.39, 0.29) is 24.1 Å². The number of para-hydroxylation sites is 1. The predicted molar refractivity (Wildman–Crippen MR) is 91.6 cm³/mol. The Morgan fingerprint density at radius 2 is 1.92 bits per heavy atom. The highest BCUT2D eigenvalue weighted by Gasteiger charge is 2.21. The summed E-state index contributed by atoms with van der Waals surface area (Å²) in [6.07, 6.45) is 1.59. The molecular formula is C18H18N4O2. The van der Waals surface area contributed by atoms with Gasteiger partial charge in [-0.15, -0.1) is 0 Å². The summed E-state index contributed by atoms with van der Waals surface area (Å²) in [7, 11) is 0. The lowest BCUT2D eigenvalue weighted by Gasteiger charge is -2.26. The third kappa shape index (κ3) is 3.17. The Morgan fingerprint density at radius 1 is 1.17 bits per heavy atom. The van der Waals surface area contributed by atoms with Gasteiger partial charge in [0, 0.05) is 12.2 Å². The molecule has 2 aromatic heterocycles. The molecule has 0 aliphatic carbocycles. The number of amides is 1. The van der Waals surface area contributed by atoms with Crippen molar-refractivity contribution in [1.29, 1.82) is 0 Å². The number of hydrogen-bond acceptors (Lipinski definition) is 4. The van der Waals surface area contributed by atoms with Crippen LogP contribution in [0.3, 0.4) is 0 Å². The minimum absolute atomic E-state index is 0.0590. The minimum Gasteiger partial charge on any atom is -0.327 e. The zero-order chi connectivity index (χ0) is 17.1. The first-order chi connectivity index (χ1) is 11.6. The second-order valence-electron chi connectivity index (χ2n) is 5.77. The fraction of sp³-hybridized carbons (Fsp3) is 0.222. The number of fused-ring (bicyclic) bond motifs is 1. The van der Waals surface area contributed by atoms with Gasteiger partial charge in [0.05, 0.1) is 17.4 Å². The molecule has 0 unspecified atom stereocenters. The maximum Gasteiger partial charge on any atom is 0.273 e. The summed E-state index contributed by atoms with van der Waals surface area (Å²) in [5.41, 5.74) is 0.782. The van der Waals surface area contributed by atoms with Crippen molar-refractivity contribution in [3.63, 3.8) is 0 Å². The molecule has 0 fully saturated rings. The van der Waals surface area contributed by atoms with Gasteiger partial charge in [-0.25, -0.2) is 4.98 Å². The summed E-state index contributed by atoms with van der Waals surface area (Å²) in [5, 5.41) is 0.536. The topological polar surface area (TPSA) is 79.0 Å². The number of nitrogens with zero attached hydrogens (tertiary/aromatic N) is 3. The number of nitrogens with one attached hydrogen (secondary N) is 1. The van der Waals surface area contributed by atoms with Gasteiger partial charge in [0.1, 0.15) is 11.5 Å². The number of carbonyl (C=O) groups excluding carboxylic acids is 1. The maximum absolute atomic E-state index is 12.7. The molecule has 0 spiro atoms. The predicted octanol–water partition coefficient (Wildman–Crippen LogP) is 2.37. The Labute approximate surface area is 139 Å². The smallest absolute Gasteiger partial charge is 0.273 e. The normalized spacial score (nSPS) is 11.0. The lowest BCUT2D eigenvalue weighted by Crippen LogP contribution is -2.37. The number of rotatable bonds is 4. The number of aromatic nitrogens is 3. The molecule has 0 saturated heterocycles. The van der Waals surface area contributed by atoms with Crippen molar-refractivity contribution >= 4 is 16.8 Å². The fourth-order valence-electron chi connectivity index (χ4n) is 2.50. The third-order valence-electron chi connectivity index (χ3n) is 3.75. The van der Waals surface area contributed by atoms with Crippen LogP contribution < -0.4 is 5.56 Å². The number of benzene rings is 1. The first kappa shape index (κ1) is 15.9. The summed E-state index contributed by atoms with van der Waals surface area (Å²) in [6.45, 7) is 4.05. The highest BCUT2D eigenvalue weighted by atomic mass is 16.2. The van der Waals surface area contributed by atoms with Crippen molar-refractivity contribution in [2.45, 2.75) is 26.4 Å². The molecule has 6 nitrogen and oxygen atoms in total. The van der Waals surface area contributed by atoms with Gasteiger partial charge in [0.15, 0.2) is 0 Å². The van der Waals surface area contributed by atoms with Gasteiger partial charge in [-0.3, -0.25) is 14.6 Å². The average molecular weight is 322 g/mol. The number of hydrogen-bond donors (Lipinski definition) is 1. The van der Waals surface area contributed by atoms with Crippen LogP contribution in [0.5, 0.6) is 0 Å². The van der Waals surface area contributed by atoms with Crippen molar-refractivity contribution in [3.05, 3.63) is 70.5 Å². The van der Waals surface area contributed by atoms with Crippen molar-refractivity contribution in [2.24, 2.45) is 0 Å². The summed E-state index contributed by atoms with van der Waals surface area (Å²) >= 11 is 0. The van der Waals surface area contributed by atoms with Gasteiger partial charge in [-0.05, 0) is 38.1 Å². The third-order valence-corrected chi connectivity index (χ3v) is 3.75. The zero-order valence-electron chi connectivity index (χ0n) is 13.6. The van der Waals surface area contributed by atoms with Crippen molar-refractivity contribution in [3.8, 4) is 0 Å². The Balaban J connectivity index is 1.94. The van der Waals surface area contributed by atoms with Crippen molar-refractivity contribution in [2.75, 3.05) is 0 Å². The summed E-state index contributed by atoms with van der Waals surface area (Å²) in [6, 6.07) is 12.3. The van der Waals surface area contributed by atoms with Crippen LogP contribution in [-0.2, 0) is 6.54 Å². The Bertz CT molecular complexity index is 919. The van der Waals surface area contributed by atoms with E-state index >= 15 is 0 Å². The van der Waals surface area contributed by atoms with Crippen LogP contribution in [0, 0.1) is 0 Å². The molecule has 0 atom stereocenters. The SMILES string of the molecule is CC(C)N(Cc1nc2ccccc2c(=O)[nH]1)C(=O)c1ccccn1. The fourth-order valence-corrected chi connectivity index (χ4v) is 2.50. The second kappa shape index (κ2) is 6.62. The molecule has 122 valence electrons. The van der Waals surface area contributed by atoms with Crippen LogP contribution in [0.4, 0.5) is 0 Å². The Morgan fingerprint density at radius 3 is 2.62 bits per heavy atom. The molecular weight excluding hydrogens is 304 g/mol. The summed E-state index contributed by atoms with van der Waals surface area (Å²) in [5.74, 6) is 0.262. The lowest BCUT2D eigenvalue weighted by atomic mass is 10.2. The molecule has 3 aromatic rings. The van der Waals surface area contributed by atoms with E-state index in [1.54, 1.807) is 47.5 Å². The standard InChI is InChI=1S/C18H18N4O2/c1-12(2)22(18(24)15-9-5-6-10-19-15)11-16-20-14-8-4-3-7-13(14)17(23)21-16/h3-10,12H,11H2,1-2H3,(H,20,21,23). The molecule has 1 N–H and O–H groups in total. The Hall–Kier alpha value is -3.02. The molecule has 0 radical (unpaired) electrons. The van der Waals surface area contributed by atoms with Crippen LogP contribution in [0.2, 0.25) is 0 Å². The molecule has 0 bridgehead atoms. The van der Waals surface area contributed by atoms with Crippen LogP contribution in [0.15, 0.2) is 53.5 Å². The lowest BCUT2D eigenvalue weighted by molar-refractivity contribution is 0.0679. The highest BCUT2D eigenvalue weighted by Crippen LogP contribution is 2.11. The van der Waals surface area contributed by atoms with Crippen molar-refractivity contribution < 1.29 is 4.79 Å². The zero-order valence-corrected chi connectivity index (χ0v) is 13.6. The summed E-state index contributed by atoms with van der Waals surface area (Å²) in [4.78, 5) is 37.8. The number of aromatic amines is 1. The molecule has 2 heterocycles. The summed E-state index contributed by atoms with van der Waals surface area (Å²) < 4.78 is 0. The molecule has 3 rings (SSSR count). The monoisotopic (exact) mass is 322 g/mol.